The molecule has 3 aromatic rings. The molecule has 0 aliphatic heterocycles. The predicted octanol–water partition coefficient (Wildman–Crippen LogP) is 2.87. The van der Waals surface area contributed by atoms with Crippen LogP contribution in [0.4, 0.5) is 5.69 Å². The SMILES string of the molecule is O=C(O)COc1ccc(-c2nc3ccc([N+](=O)[O-])cc3o2)cc1. The number of nitro groups is 1. The summed E-state index contributed by atoms with van der Waals surface area (Å²) in [6.45, 7) is -0.425. The number of carboxylic acids is 1. The van der Waals surface area contributed by atoms with Crippen molar-refractivity contribution < 1.29 is 24.0 Å². The average molecular weight is 314 g/mol. The van der Waals surface area contributed by atoms with Crippen LogP contribution in [0, 0.1) is 10.1 Å². The summed E-state index contributed by atoms with van der Waals surface area (Å²) in [4.78, 5) is 25.0. The number of oxazole rings is 1. The molecule has 1 heterocycles. The highest BCUT2D eigenvalue weighted by Gasteiger charge is 2.13. The van der Waals surface area contributed by atoms with Crippen LogP contribution in [-0.4, -0.2) is 27.6 Å². The Morgan fingerprint density at radius 3 is 2.65 bits per heavy atom. The van der Waals surface area contributed by atoms with Crippen LogP contribution in [0.1, 0.15) is 0 Å². The number of carbonyl (C=O) groups is 1. The monoisotopic (exact) mass is 314 g/mol. The van der Waals surface area contributed by atoms with E-state index in [1.54, 1.807) is 24.3 Å². The van der Waals surface area contributed by atoms with Crippen LogP contribution in [0.15, 0.2) is 46.9 Å². The molecule has 8 nitrogen and oxygen atoms in total. The highest BCUT2D eigenvalue weighted by Crippen LogP contribution is 2.28. The minimum absolute atomic E-state index is 0.0716. The summed E-state index contributed by atoms with van der Waals surface area (Å²) in [7, 11) is 0. The molecule has 1 N–H and O–H groups in total. The van der Waals surface area contributed by atoms with Crippen LogP contribution >= 0.6 is 0 Å². The van der Waals surface area contributed by atoms with Gasteiger partial charge in [-0.25, -0.2) is 9.78 Å². The molecule has 0 saturated heterocycles. The fourth-order valence-corrected chi connectivity index (χ4v) is 1.99. The van der Waals surface area contributed by atoms with Gasteiger partial charge in [0.2, 0.25) is 5.89 Å². The number of rotatable bonds is 5. The fourth-order valence-electron chi connectivity index (χ4n) is 1.99. The highest BCUT2D eigenvalue weighted by atomic mass is 16.6. The molecule has 116 valence electrons. The fraction of sp³-hybridized carbons (Fsp3) is 0.0667. The van der Waals surface area contributed by atoms with Crippen LogP contribution < -0.4 is 4.74 Å². The highest BCUT2D eigenvalue weighted by molar-refractivity contribution is 5.78. The van der Waals surface area contributed by atoms with E-state index in [9.17, 15) is 14.9 Å². The van der Waals surface area contributed by atoms with Crippen molar-refractivity contribution in [1.29, 1.82) is 0 Å². The standard InChI is InChI=1S/C15H10N2O6/c18-14(19)8-22-11-4-1-9(2-5-11)15-16-12-6-3-10(17(20)21)7-13(12)23-15/h1-7H,8H2,(H,18,19). The molecule has 23 heavy (non-hydrogen) atoms. The number of aliphatic carboxylic acids is 1. The molecule has 0 aliphatic rings. The van der Waals surface area contributed by atoms with Gasteiger partial charge in [0.25, 0.3) is 5.69 Å². The summed E-state index contributed by atoms with van der Waals surface area (Å²) in [5, 5.41) is 19.3. The van der Waals surface area contributed by atoms with Gasteiger partial charge in [-0.15, -0.1) is 0 Å². The Morgan fingerprint density at radius 1 is 1.26 bits per heavy atom. The Morgan fingerprint density at radius 2 is 2.00 bits per heavy atom. The Bertz CT molecular complexity index is 885. The number of benzene rings is 2. The molecule has 1 aromatic heterocycles. The molecule has 0 radical (unpaired) electrons. The van der Waals surface area contributed by atoms with E-state index in [1.807, 2.05) is 0 Å². The van der Waals surface area contributed by atoms with Gasteiger partial charge < -0.3 is 14.3 Å². The zero-order valence-electron chi connectivity index (χ0n) is 11.6. The van der Waals surface area contributed by atoms with Gasteiger partial charge in [0.1, 0.15) is 11.3 Å². The number of ether oxygens (including phenoxy) is 1. The molecule has 0 fully saturated rings. The number of nitro benzene ring substituents is 1. The first kappa shape index (κ1) is 14.5. The van der Waals surface area contributed by atoms with Crippen molar-refractivity contribution in [2.45, 2.75) is 0 Å². The topological polar surface area (TPSA) is 116 Å². The molecule has 3 rings (SSSR count). The largest absolute Gasteiger partial charge is 0.482 e. The minimum Gasteiger partial charge on any atom is -0.482 e. The summed E-state index contributed by atoms with van der Waals surface area (Å²) in [6.07, 6.45) is 0. The van der Waals surface area contributed by atoms with Gasteiger partial charge in [0, 0.05) is 11.6 Å². The summed E-state index contributed by atoms with van der Waals surface area (Å²) >= 11 is 0. The summed E-state index contributed by atoms with van der Waals surface area (Å²) in [5.41, 5.74) is 1.40. The lowest BCUT2D eigenvalue weighted by Gasteiger charge is -2.02. The summed E-state index contributed by atoms with van der Waals surface area (Å²) in [6, 6.07) is 10.7. The molecule has 8 heteroatoms. The van der Waals surface area contributed by atoms with Crippen LogP contribution in [0.5, 0.6) is 5.75 Å². The van der Waals surface area contributed by atoms with E-state index in [-0.39, 0.29) is 5.69 Å². The molecule has 0 amide bonds. The second kappa shape index (κ2) is 5.76. The number of nitrogens with zero attached hydrogens (tertiary/aromatic N) is 2. The Balaban J connectivity index is 1.87. The Labute approximate surface area is 129 Å². The number of aromatic nitrogens is 1. The third-order valence-corrected chi connectivity index (χ3v) is 3.05. The van der Waals surface area contributed by atoms with Crippen molar-refractivity contribution in [3.8, 4) is 17.2 Å². The molecule has 2 aromatic carbocycles. The maximum atomic E-state index is 10.8. The van der Waals surface area contributed by atoms with Gasteiger partial charge >= 0.3 is 5.97 Å². The molecule has 0 saturated carbocycles. The maximum absolute atomic E-state index is 10.8. The van der Waals surface area contributed by atoms with Gasteiger partial charge in [-0.3, -0.25) is 10.1 Å². The Hall–Kier alpha value is -3.42. The number of fused-ring (bicyclic) bond motifs is 1. The van der Waals surface area contributed by atoms with Crippen LogP contribution in [0.2, 0.25) is 0 Å². The molecule has 0 unspecified atom stereocenters. The van der Waals surface area contributed by atoms with E-state index in [2.05, 4.69) is 4.98 Å². The first-order valence-electron chi connectivity index (χ1n) is 6.53. The molecule has 0 bridgehead atoms. The number of carboxylic acid groups (broad SMARTS) is 1. The van der Waals surface area contributed by atoms with E-state index in [0.29, 0.717) is 28.3 Å². The van der Waals surface area contributed by atoms with Gasteiger partial charge in [-0.2, -0.15) is 0 Å². The number of hydrogen-bond donors (Lipinski definition) is 1. The van der Waals surface area contributed by atoms with Crippen molar-refractivity contribution in [3.05, 3.63) is 52.6 Å². The number of hydrogen-bond acceptors (Lipinski definition) is 6. The zero-order valence-corrected chi connectivity index (χ0v) is 11.6. The Kier molecular flexibility index (Phi) is 3.63. The van der Waals surface area contributed by atoms with Crippen LogP contribution in [-0.2, 0) is 4.79 Å². The van der Waals surface area contributed by atoms with E-state index in [0.717, 1.165) is 0 Å². The van der Waals surface area contributed by atoms with Gasteiger partial charge in [-0.05, 0) is 30.3 Å². The van der Waals surface area contributed by atoms with E-state index >= 15 is 0 Å². The van der Waals surface area contributed by atoms with E-state index < -0.39 is 17.5 Å². The van der Waals surface area contributed by atoms with Crippen molar-refractivity contribution >= 4 is 22.8 Å². The third kappa shape index (κ3) is 3.10. The molecular formula is C15H10N2O6. The lowest BCUT2D eigenvalue weighted by atomic mass is 10.2. The first-order chi connectivity index (χ1) is 11.0. The van der Waals surface area contributed by atoms with Gasteiger partial charge in [0.05, 0.1) is 11.0 Å². The second-order valence-corrected chi connectivity index (χ2v) is 4.63. The first-order valence-corrected chi connectivity index (χ1v) is 6.53. The summed E-state index contributed by atoms with van der Waals surface area (Å²) in [5.74, 6) is -0.345. The molecule has 0 spiro atoms. The van der Waals surface area contributed by atoms with Crippen molar-refractivity contribution in [1.82, 2.24) is 4.98 Å². The summed E-state index contributed by atoms with van der Waals surface area (Å²) < 4.78 is 10.6. The van der Waals surface area contributed by atoms with Gasteiger partial charge in [-0.1, -0.05) is 0 Å². The second-order valence-electron chi connectivity index (χ2n) is 4.63. The normalized spacial score (nSPS) is 10.6. The van der Waals surface area contributed by atoms with Crippen LogP contribution in [0.25, 0.3) is 22.6 Å². The number of non-ortho nitro benzene ring substituents is 1. The minimum atomic E-state index is -1.06. The zero-order chi connectivity index (χ0) is 16.4. The van der Waals surface area contributed by atoms with E-state index in [1.165, 1.54) is 18.2 Å². The molecule has 0 aliphatic carbocycles. The van der Waals surface area contributed by atoms with Crippen molar-refractivity contribution in [3.63, 3.8) is 0 Å². The third-order valence-electron chi connectivity index (χ3n) is 3.05. The average Bonchev–Trinajstić information content (AvgIpc) is 2.96. The van der Waals surface area contributed by atoms with Crippen molar-refractivity contribution in [2.24, 2.45) is 0 Å². The molecule has 0 atom stereocenters. The predicted molar refractivity (Wildman–Crippen MR) is 79.2 cm³/mol. The maximum Gasteiger partial charge on any atom is 0.341 e. The quantitative estimate of drug-likeness (QED) is 0.568. The van der Waals surface area contributed by atoms with Gasteiger partial charge in [0.15, 0.2) is 12.2 Å². The smallest absolute Gasteiger partial charge is 0.341 e. The van der Waals surface area contributed by atoms with Crippen molar-refractivity contribution in [2.75, 3.05) is 6.61 Å². The van der Waals surface area contributed by atoms with E-state index in [4.69, 9.17) is 14.3 Å². The lowest BCUT2D eigenvalue weighted by molar-refractivity contribution is -0.384. The lowest BCUT2D eigenvalue weighted by Crippen LogP contribution is -2.09. The van der Waals surface area contributed by atoms with Crippen LogP contribution in [0.3, 0.4) is 0 Å². The molecular weight excluding hydrogens is 304 g/mol.